The molecule has 1 amide bonds. The van der Waals surface area contributed by atoms with Gasteiger partial charge in [-0.25, -0.2) is 4.79 Å². The van der Waals surface area contributed by atoms with Crippen molar-refractivity contribution in [2.45, 2.75) is 19.9 Å². The summed E-state index contributed by atoms with van der Waals surface area (Å²) in [7, 11) is 1.61. The topological polar surface area (TPSA) is 104 Å². The molecule has 2 aromatic rings. The molecule has 0 saturated heterocycles. The highest BCUT2D eigenvalue weighted by Gasteiger charge is 2.21. The first-order valence-electron chi connectivity index (χ1n) is 6.53. The number of carboxylic acid groups (broad SMARTS) is 1. The highest BCUT2D eigenvalue weighted by atomic mass is 16.4. The van der Waals surface area contributed by atoms with Crippen LogP contribution in [-0.2, 0) is 11.8 Å². The van der Waals surface area contributed by atoms with Crippen molar-refractivity contribution in [3.8, 4) is 0 Å². The van der Waals surface area contributed by atoms with E-state index < -0.39 is 17.9 Å². The molecule has 7 nitrogen and oxygen atoms in total. The third kappa shape index (κ3) is 2.81. The summed E-state index contributed by atoms with van der Waals surface area (Å²) in [5, 5.41) is 11.6. The summed E-state index contributed by atoms with van der Waals surface area (Å²) in [5.74, 6) is -2.02. The van der Waals surface area contributed by atoms with Gasteiger partial charge < -0.3 is 15.4 Å². The lowest BCUT2D eigenvalue weighted by molar-refractivity contribution is -0.141. The summed E-state index contributed by atoms with van der Waals surface area (Å²) in [6, 6.07) is 4.34. The Bertz CT molecular complexity index is 759. The first-order valence-corrected chi connectivity index (χ1v) is 6.53. The Morgan fingerprint density at radius 2 is 2.00 bits per heavy atom. The van der Waals surface area contributed by atoms with Crippen molar-refractivity contribution < 1.29 is 14.7 Å². The van der Waals surface area contributed by atoms with Gasteiger partial charge in [0.1, 0.15) is 0 Å². The van der Waals surface area contributed by atoms with Crippen molar-refractivity contribution in [2.75, 3.05) is 0 Å². The molecule has 1 aromatic carbocycles. The number of H-pyrrole nitrogens is 1. The fraction of sp³-hybridized carbons (Fsp3) is 0.357. The van der Waals surface area contributed by atoms with Crippen LogP contribution in [0.5, 0.6) is 0 Å². The molecule has 0 radical (unpaired) electrons. The molecule has 0 bridgehead atoms. The fourth-order valence-electron chi connectivity index (χ4n) is 1.99. The number of carboxylic acids is 1. The molecule has 3 N–H and O–H groups in total. The molecule has 1 heterocycles. The first-order chi connectivity index (χ1) is 9.81. The van der Waals surface area contributed by atoms with Gasteiger partial charge in [0.2, 0.25) is 0 Å². The van der Waals surface area contributed by atoms with Crippen LogP contribution in [-0.4, -0.2) is 32.6 Å². The predicted molar refractivity (Wildman–Crippen MR) is 77.3 cm³/mol. The smallest absolute Gasteiger partial charge is 0.326 e. The third-order valence-corrected chi connectivity index (χ3v) is 3.67. The number of aromatic nitrogens is 2. The van der Waals surface area contributed by atoms with Crippen molar-refractivity contribution >= 4 is 22.9 Å². The van der Waals surface area contributed by atoms with Gasteiger partial charge in [-0.1, -0.05) is 0 Å². The number of benzene rings is 1. The summed E-state index contributed by atoms with van der Waals surface area (Å²) in [6.45, 7) is 3.17. The van der Waals surface area contributed by atoms with Crippen molar-refractivity contribution in [2.24, 2.45) is 13.0 Å². The van der Waals surface area contributed by atoms with Gasteiger partial charge in [-0.15, -0.1) is 0 Å². The number of carbonyl (C=O) groups is 2. The van der Waals surface area contributed by atoms with Crippen LogP contribution < -0.4 is 11.0 Å². The molecule has 0 saturated carbocycles. The summed E-state index contributed by atoms with van der Waals surface area (Å²) >= 11 is 0. The van der Waals surface area contributed by atoms with E-state index in [1.807, 2.05) is 0 Å². The Kier molecular flexibility index (Phi) is 3.84. The van der Waals surface area contributed by atoms with E-state index in [4.69, 9.17) is 5.11 Å². The highest BCUT2D eigenvalue weighted by molar-refractivity contribution is 5.97. The molecule has 112 valence electrons. The number of nitrogens with one attached hydrogen (secondary N) is 2. The minimum atomic E-state index is -0.966. The second kappa shape index (κ2) is 5.43. The Morgan fingerprint density at radius 3 is 2.62 bits per heavy atom. The minimum Gasteiger partial charge on any atom is -0.481 e. The van der Waals surface area contributed by atoms with Gasteiger partial charge in [-0.3, -0.25) is 14.2 Å². The van der Waals surface area contributed by atoms with Crippen LogP contribution >= 0.6 is 0 Å². The molecule has 1 aromatic heterocycles. The molecule has 0 aliphatic carbocycles. The number of amides is 1. The van der Waals surface area contributed by atoms with E-state index in [0.29, 0.717) is 16.6 Å². The van der Waals surface area contributed by atoms with Crippen LogP contribution in [0.4, 0.5) is 0 Å². The number of fused-ring (bicyclic) bond motifs is 1. The fourth-order valence-corrected chi connectivity index (χ4v) is 1.99. The van der Waals surface area contributed by atoms with Crippen LogP contribution in [0, 0.1) is 5.92 Å². The van der Waals surface area contributed by atoms with Gasteiger partial charge in [0.25, 0.3) is 5.91 Å². The number of nitrogens with zero attached hydrogens (tertiary/aromatic N) is 1. The van der Waals surface area contributed by atoms with Gasteiger partial charge in [-0.05, 0) is 32.0 Å². The number of rotatable bonds is 4. The minimum absolute atomic E-state index is 0.254. The van der Waals surface area contributed by atoms with Crippen LogP contribution in [0.2, 0.25) is 0 Å². The van der Waals surface area contributed by atoms with E-state index in [-0.39, 0.29) is 11.6 Å². The number of aryl methyl sites for hydroxylation is 1. The lowest BCUT2D eigenvalue weighted by Gasteiger charge is -2.17. The maximum atomic E-state index is 12.1. The number of aliphatic carboxylic acids is 1. The van der Waals surface area contributed by atoms with E-state index >= 15 is 0 Å². The monoisotopic (exact) mass is 291 g/mol. The quantitative estimate of drug-likeness (QED) is 0.771. The summed E-state index contributed by atoms with van der Waals surface area (Å²) in [4.78, 5) is 37.2. The molecule has 0 spiro atoms. The summed E-state index contributed by atoms with van der Waals surface area (Å²) in [5.41, 5.74) is 1.38. The number of imidazole rings is 1. The number of hydrogen-bond donors (Lipinski definition) is 3. The molecule has 2 atom stereocenters. The average molecular weight is 291 g/mol. The van der Waals surface area contributed by atoms with Crippen LogP contribution in [0.25, 0.3) is 11.0 Å². The first kappa shape index (κ1) is 14.8. The average Bonchev–Trinajstić information content (AvgIpc) is 2.72. The lowest BCUT2D eigenvalue weighted by atomic mass is 10.0. The second-order valence-electron chi connectivity index (χ2n) is 5.11. The summed E-state index contributed by atoms with van der Waals surface area (Å²) in [6.07, 6.45) is 0. The molecule has 7 heteroatoms. The maximum absolute atomic E-state index is 12.1. The Hall–Kier alpha value is -2.57. The standard InChI is InChI=1S/C14H17N3O4/c1-7(13(19)20)8(2)15-12(18)9-4-5-10-11(6-9)17(3)14(21)16-10/h4-8H,1-3H3,(H,15,18)(H,16,21)(H,19,20). The van der Waals surface area contributed by atoms with Crippen molar-refractivity contribution in [1.29, 1.82) is 0 Å². The van der Waals surface area contributed by atoms with E-state index in [0.717, 1.165) is 0 Å². The normalized spacial score (nSPS) is 13.9. The van der Waals surface area contributed by atoms with Crippen LogP contribution in [0.3, 0.4) is 0 Å². The molecule has 2 rings (SSSR count). The molecular formula is C14H17N3O4. The number of hydrogen-bond acceptors (Lipinski definition) is 3. The van der Waals surface area contributed by atoms with Crippen molar-refractivity contribution in [3.63, 3.8) is 0 Å². The number of aromatic amines is 1. The van der Waals surface area contributed by atoms with Crippen LogP contribution in [0.15, 0.2) is 23.0 Å². The zero-order valence-electron chi connectivity index (χ0n) is 12.0. The van der Waals surface area contributed by atoms with Gasteiger partial charge in [0.15, 0.2) is 0 Å². The van der Waals surface area contributed by atoms with E-state index in [1.54, 1.807) is 32.2 Å². The van der Waals surface area contributed by atoms with Crippen molar-refractivity contribution in [3.05, 3.63) is 34.2 Å². The molecular weight excluding hydrogens is 274 g/mol. The SMILES string of the molecule is CC(NC(=O)c1ccc2[nH]c(=O)n(C)c2c1)C(C)C(=O)O. The molecule has 0 aliphatic heterocycles. The summed E-state index contributed by atoms with van der Waals surface area (Å²) < 4.78 is 1.41. The zero-order valence-corrected chi connectivity index (χ0v) is 12.0. The predicted octanol–water partition coefficient (Wildman–Crippen LogP) is 0.706. The van der Waals surface area contributed by atoms with E-state index in [9.17, 15) is 14.4 Å². The van der Waals surface area contributed by atoms with Crippen molar-refractivity contribution in [1.82, 2.24) is 14.9 Å². The lowest BCUT2D eigenvalue weighted by Crippen LogP contribution is -2.40. The second-order valence-corrected chi connectivity index (χ2v) is 5.11. The maximum Gasteiger partial charge on any atom is 0.326 e. The largest absolute Gasteiger partial charge is 0.481 e. The molecule has 0 fully saturated rings. The van der Waals surface area contributed by atoms with Gasteiger partial charge in [0.05, 0.1) is 17.0 Å². The van der Waals surface area contributed by atoms with Gasteiger partial charge in [-0.2, -0.15) is 0 Å². The third-order valence-electron chi connectivity index (χ3n) is 3.67. The van der Waals surface area contributed by atoms with Gasteiger partial charge >= 0.3 is 11.7 Å². The zero-order chi connectivity index (χ0) is 15.7. The Labute approximate surface area is 120 Å². The van der Waals surface area contributed by atoms with E-state index in [1.165, 1.54) is 11.5 Å². The van der Waals surface area contributed by atoms with Crippen LogP contribution in [0.1, 0.15) is 24.2 Å². The molecule has 2 unspecified atom stereocenters. The molecule has 21 heavy (non-hydrogen) atoms. The Balaban J connectivity index is 2.25. The molecule has 0 aliphatic rings. The number of carbonyl (C=O) groups excluding carboxylic acids is 1. The van der Waals surface area contributed by atoms with Gasteiger partial charge in [0, 0.05) is 18.7 Å². The van der Waals surface area contributed by atoms with E-state index in [2.05, 4.69) is 10.3 Å². The highest BCUT2D eigenvalue weighted by Crippen LogP contribution is 2.13. The Morgan fingerprint density at radius 1 is 1.33 bits per heavy atom.